The highest BCUT2D eigenvalue weighted by Gasteiger charge is 2.10. The number of rotatable bonds is 6. The fourth-order valence-corrected chi connectivity index (χ4v) is 2.63. The second-order valence-electron chi connectivity index (χ2n) is 4.06. The van der Waals surface area contributed by atoms with Crippen LogP contribution in [0.5, 0.6) is 5.75 Å². The summed E-state index contributed by atoms with van der Waals surface area (Å²) < 4.78 is 5.22. The fraction of sp³-hybridized carbons (Fsp3) is 0.357. The summed E-state index contributed by atoms with van der Waals surface area (Å²) in [4.78, 5) is 4.36. The molecule has 2 rings (SSSR count). The molecule has 1 heterocycles. The molecule has 0 aliphatic heterocycles. The van der Waals surface area contributed by atoms with E-state index in [-0.39, 0.29) is 0 Å². The van der Waals surface area contributed by atoms with E-state index >= 15 is 0 Å². The van der Waals surface area contributed by atoms with Gasteiger partial charge in [0.05, 0.1) is 13.2 Å². The van der Waals surface area contributed by atoms with Crippen molar-refractivity contribution in [3.63, 3.8) is 0 Å². The number of ether oxygens (including phenoxy) is 1. The molecule has 1 aromatic heterocycles. The minimum atomic E-state index is 0.330. The third-order valence-corrected chi connectivity index (χ3v) is 3.73. The number of hydrogen-bond acceptors (Lipinski definition) is 4. The molecule has 0 spiro atoms. The van der Waals surface area contributed by atoms with Crippen LogP contribution in [0.15, 0.2) is 35.8 Å². The van der Waals surface area contributed by atoms with Gasteiger partial charge in [-0.3, -0.25) is 0 Å². The third kappa shape index (κ3) is 3.31. The topological polar surface area (TPSA) is 34.1 Å². The molecular weight excluding hydrogens is 244 g/mol. The van der Waals surface area contributed by atoms with Crippen LogP contribution in [0.1, 0.15) is 30.0 Å². The Hall–Kier alpha value is -1.39. The van der Waals surface area contributed by atoms with E-state index in [1.165, 1.54) is 5.56 Å². The van der Waals surface area contributed by atoms with Crippen LogP contribution in [0.4, 0.5) is 0 Å². The average molecular weight is 262 g/mol. The van der Waals surface area contributed by atoms with E-state index in [2.05, 4.69) is 29.4 Å². The molecule has 1 unspecified atom stereocenters. The largest absolute Gasteiger partial charge is 0.497 e. The molecule has 0 saturated carbocycles. The predicted octanol–water partition coefficient (Wildman–Crippen LogP) is 3.39. The summed E-state index contributed by atoms with van der Waals surface area (Å²) in [6.45, 7) is 3.00. The molecule has 0 amide bonds. The number of methoxy groups -OCH3 is 1. The number of nitrogens with zero attached hydrogens (tertiary/aromatic N) is 1. The van der Waals surface area contributed by atoms with Crippen LogP contribution in [0.25, 0.3) is 0 Å². The van der Waals surface area contributed by atoms with Gasteiger partial charge in [0.2, 0.25) is 0 Å². The van der Waals surface area contributed by atoms with Gasteiger partial charge in [-0.25, -0.2) is 4.98 Å². The van der Waals surface area contributed by atoms with Crippen LogP contribution in [-0.4, -0.2) is 12.1 Å². The summed E-state index contributed by atoms with van der Waals surface area (Å²) in [6.07, 6.45) is 2.90. The molecule has 3 nitrogen and oxygen atoms in total. The zero-order chi connectivity index (χ0) is 12.8. The molecular formula is C14H18N2OS. The molecule has 1 atom stereocenters. The monoisotopic (exact) mass is 262 g/mol. The Bertz CT molecular complexity index is 470. The maximum atomic E-state index is 5.22. The minimum Gasteiger partial charge on any atom is -0.497 e. The molecule has 0 radical (unpaired) electrons. The molecule has 1 aromatic carbocycles. The van der Waals surface area contributed by atoms with Crippen LogP contribution in [0.3, 0.4) is 0 Å². The number of aromatic nitrogens is 1. The zero-order valence-corrected chi connectivity index (χ0v) is 11.5. The van der Waals surface area contributed by atoms with Crippen LogP contribution >= 0.6 is 11.3 Å². The van der Waals surface area contributed by atoms with Crippen molar-refractivity contribution >= 4 is 11.3 Å². The van der Waals surface area contributed by atoms with Gasteiger partial charge in [-0.2, -0.15) is 0 Å². The van der Waals surface area contributed by atoms with Crippen LogP contribution < -0.4 is 10.1 Å². The number of nitrogens with one attached hydrogen (secondary N) is 1. The molecule has 2 aromatic rings. The smallest absolute Gasteiger partial charge is 0.119 e. The molecule has 0 bridgehead atoms. The Morgan fingerprint density at radius 1 is 1.44 bits per heavy atom. The summed E-state index contributed by atoms with van der Waals surface area (Å²) in [5, 5.41) is 6.70. The van der Waals surface area contributed by atoms with Crippen LogP contribution in [-0.2, 0) is 6.54 Å². The third-order valence-electron chi connectivity index (χ3n) is 2.84. The van der Waals surface area contributed by atoms with Crippen molar-refractivity contribution < 1.29 is 4.74 Å². The van der Waals surface area contributed by atoms with Crippen molar-refractivity contribution in [2.24, 2.45) is 0 Å². The first-order valence-corrected chi connectivity index (χ1v) is 6.97. The first-order chi connectivity index (χ1) is 8.83. The zero-order valence-electron chi connectivity index (χ0n) is 10.7. The van der Waals surface area contributed by atoms with Gasteiger partial charge in [-0.15, -0.1) is 11.3 Å². The summed E-state index contributed by atoms with van der Waals surface area (Å²) in [5.41, 5.74) is 1.23. The van der Waals surface area contributed by atoms with Crippen molar-refractivity contribution in [3.8, 4) is 5.75 Å². The maximum Gasteiger partial charge on any atom is 0.119 e. The van der Waals surface area contributed by atoms with Crippen molar-refractivity contribution in [1.29, 1.82) is 0 Å². The predicted molar refractivity (Wildman–Crippen MR) is 75.0 cm³/mol. The van der Waals surface area contributed by atoms with E-state index in [4.69, 9.17) is 4.74 Å². The van der Waals surface area contributed by atoms with Gasteiger partial charge in [0, 0.05) is 18.1 Å². The van der Waals surface area contributed by atoms with Gasteiger partial charge < -0.3 is 10.1 Å². The van der Waals surface area contributed by atoms with E-state index in [1.807, 2.05) is 23.7 Å². The lowest BCUT2D eigenvalue weighted by Gasteiger charge is -2.14. The van der Waals surface area contributed by atoms with Crippen LogP contribution in [0.2, 0.25) is 0 Å². The molecule has 0 aliphatic rings. The van der Waals surface area contributed by atoms with Gasteiger partial charge in [0.1, 0.15) is 10.8 Å². The molecule has 96 valence electrons. The molecule has 0 fully saturated rings. The lowest BCUT2D eigenvalue weighted by atomic mass is 10.2. The van der Waals surface area contributed by atoms with Crippen molar-refractivity contribution in [2.45, 2.75) is 25.9 Å². The van der Waals surface area contributed by atoms with E-state index < -0.39 is 0 Å². The van der Waals surface area contributed by atoms with Gasteiger partial charge in [-0.1, -0.05) is 19.1 Å². The first-order valence-electron chi connectivity index (χ1n) is 6.09. The summed E-state index contributed by atoms with van der Waals surface area (Å²) in [6, 6.07) is 8.46. The maximum absolute atomic E-state index is 5.22. The molecule has 18 heavy (non-hydrogen) atoms. The van der Waals surface area contributed by atoms with E-state index in [9.17, 15) is 0 Å². The lowest BCUT2D eigenvalue weighted by Crippen LogP contribution is -2.20. The number of thiazole rings is 1. The van der Waals surface area contributed by atoms with Gasteiger partial charge >= 0.3 is 0 Å². The molecule has 1 N–H and O–H groups in total. The second kappa shape index (κ2) is 6.52. The van der Waals surface area contributed by atoms with Gasteiger partial charge in [0.25, 0.3) is 0 Å². The minimum absolute atomic E-state index is 0.330. The Balaban J connectivity index is 1.97. The van der Waals surface area contributed by atoms with Gasteiger partial charge in [0.15, 0.2) is 0 Å². The van der Waals surface area contributed by atoms with Crippen LogP contribution in [0, 0.1) is 0 Å². The second-order valence-corrected chi connectivity index (χ2v) is 4.99. The Labute approximate surface area is 112 Å². The van der Waals surface area contributed by atoms with E-state index in [1.54, 1.807) is 18.4 Å². The number of benzene rings is 1. The first kappa shape index (κ1) is 13.1. The quantitative estimate of drug-likeness (QED) is 0.866. The molecule has 0 aliphatic carbocycles. The van der Waals surface area contributed by atoms with Crippen molar-refractivity contribution in [2.75, 3.05) is 7.11 Å². The molecule has 4 heteroatoms. The lowest BCUT2D eigenvalue weighted by molar-refractivity contribution is 0.413. The average Bonchev–Trinajstić information content (AvgIpc) is 2.94. The SMILES string of the molecule is CCC(NCc1cccc(OC)c1)c1nccs1. The summed E-state index contributed by atoms with van der Waals surface area (Å²) in [5.74, 6) is 0.900. The van der Waals surface area contributed by atoms with Crippen molar-refractivity contribution in [3.05, 3.63) is 46.4 Å². The number of hydrogen-bond donors (Lipinski definition) is 1. The van der Waals surface area contributed by atoms with Crippen molar-refractivity contribution in [1.82, 2.24) is 10.3 Å². The van der Waals surface area contributed by atoms with E-state index in [0.29, 0.717) is 6.04 Å². The summed E-state index contributed by atoms with van der Waals surface area (Å²) >= 11 is 1.70. The van der Waals surface area contributed by atoms with Gasteiger partial charge in [-0.05, 0) is 24.1 Å². The highest BCUT2D eigenvalue weighted by Crippen LogP contribution is 2.20. The highest BCUT2D eigenvalue weighted by molar-refractivity contribution is 7.09. The fourth-order valence-electron chi connectivity index (χ4n) is 1.84. The van der Waals surface area contributed by atoms with E-state index in [0.717, 1.165) is 23.7 Å². The summed E-state index contributed by atoms with van der Waals surface area (Å²) in [7, 11) is 1.69. The highest BCUT2D eigenvalue weighted by atomic mass is 32.1. The Morgan fingerprint density at radius 3 is 3.00 bits per heavy atom. The Morgan fingerprint density at radius 2 is 2.33 bits per heavy atom. The standard InChI is InChI=1S/C14H18N2OS/c1-3-13(14-15-7-8-18-14)16-10-11-5-4-6-12(9-11)17-2/h4-9,13,16H,3,10H2,1-2H3. The normalized spacial score (nSPS) is 12.3. The Kier molecular flexibility index (Phi) is 4.73. The molecule has 0 saturated heterocycles.